The van der Waals surface area contributed by atoms with E-state index >= 15 is 0 Å². The molecule has 0 saturated heterocycles. The number of nitrogens with one attached hydrogen (secondary N) is 3. The summed E-state index contributed by atoms with van der Waals surface area (Å²) in [5.74, 6) is -12.0. The summed E-state index contributed by atoms with van der Waals surface area (Å²) in [6.07, 6.45) is -5.28. The predicted octanol–water partition coefficient (Wildman–Crippen LogP) is 8.34. The van der Waals surface area contributed by atoms with Gasteiger partial charge < -0.3 is 69.9 Å². The number of carboxylic acids is 2. The van der Waals surface area contributed by atoms with E-state index < -0.39 is 127 Å². The lowest BCUT2D eigenvalue weighted by Gasteiger charge is -2.23. The molecule has 0 aliphatic carbocycles. The van der Waals surface area contributed by atoms with Gasteiger partial charge in [-0.3, -0.25) is 24.0 Å². The van der Waals surface area contributed by atoms with Crippen molar-refractivity contribution in [1.82, 2.24) is 16.0 Å². The molecule has 25 nitrogen and oxygen atoms in total. The molecule has 3 amide bonds. The topological polar surface area (TPSA) is 380 Å². The number of esters is 6. The zero-order valence-corrected chi connectivity index (χ0v) is 57.6. The molecule has 530 valence electrons. The summed E-state index contributed by atoms with van der Waals surface area (Å²) >= 11 is 18.1. The molecule has 0 aromatic heterocycles. The van der Waals surface area contributed by atoms with Crippen molar-refractivity contribution < 1.29 is 107 Å². The van der Waals surface area contributed by atoms with Gasteiger partial charge in [-0.1, -0.05) is 144 Å². The summed E-state index contributed by atoms with van der Waals surface area (Å²) in [4.78, 5) is 128. The predicted molar refractivity (Wildman–Crippen MR) is 362 cm³/mol. The molecule has 0 bridgehead atoms. The number of aliphatic hydroxyl groups excluding tert-OH is 3. The molecule has 0 fully saturated rings. The first-order valence-corrected chi connectivity index (χ1v) is 31.6. The van der Waals surface area contributed by atoms with E-state index in [9.17, 15) is 68.1 Å². The smallest absolute Gasteiger partial charge is 0.397 e. The van der Waals surface area contributed by atoms with Gasteiger partial charge in [0.2, 0.25) is 13.6 Å². The van der Waals surface area contributed by atoms with Crippen molar-refractivity contribution in [3.63, 3.8) is 0 Å². The van der Waals surface area contributed by atoms with E-state index in [1.165, 1.54) is 0 Å². The Hall–Kier alpha value is -9.76. The van der Waals surface area contributed by atoms with Gasteiger partial charge in [-0.15, -0.1) is 0 Å². The average Bonchev–Trinajstić information content (AvgIpc) is 0.866. The van der Waals surface area contributed by atoms with Crippen LogP contribution in [0.4, 0.5) is 0 Å². The molecule has 8 N–H and O–H groups in total. The molecule has 6 aromatic rings. The molecule has 6 rings (SSSR count). The standard InChI is InChI=1S/C26H30ClNO8.C23H26ClNO6.C22H22ClNO8/c1-16(29)34-15-35-24(32)22(30)14-21(28-23(31)25(33)36-26(2,3)4)12-17-8-10-18(11-9-17)19-6-5-7-20(27)13-19;1-23(2,3)31-22(30)20(27)25-18(13-19(26)21(28)29)11-14-7-9-15(10-8-14)16-5-4-6-17(24)12-16;1-13(25)31-12-32-22(30)19(26)11-18(24-20(27)21(28)29)9-14-5-7-15(8-6-14)16-3-2-4-17(23)10-16/h5-11,13,21-22,30H,12,14-15H2,1-4H3,(H,28,31);4-10,12,18-19,26H,11,13H2,1-3H3,(H,25,27)(H,28,29);2-8,10,18-19,26H,9,11-12H2,1H3,(H,24,27)(H,28,29)/t21-,22-;2*18-,19-/m111/s1. The minimum Gasteiger partial charge on any atom is -0.479 e. The van der Waals surface area contributed by atoms with Crippen molar-refractivity contribution in [3.05, 3.63) is 177 Å². The van der Waals surface area contributed by atoms with Crippen molar-refractivity contribution in [2.24, 2.45) is 0 Å². The summed E-state index contributed by atoms with van der Waals surface area (Å²) in [5.41, 5.74) is 6.10. The maximum atomic E-state index is 12.4. The minimum atomic E-state index is -1.70. The molecule has 6 aromatic carbocycles. The SMILES string of the molecule is CC(=O)OCOC(=O)[C@H](O)C[C@@H](Cc1ccc(-c2cccc(Cl)c2)cc1)NC(=O)C(=O)O.CC(=O)OCOC(=O)[C@H](O)C[C@@H](Cc1ccc(-c2cccc(Cl)c2)cc1)NC(=O)C(=O)OC(C)(C)C.CC(C)(C)OC(=O)C(=O)N[C@H](Cc1ccc(-c2cccc(Cl)c2)cc1)C[C@@H](O)C(=O)O. The fourth-order valence-corrected chi connectivity index (χ4v) is 9.53. The highest BCUT2D eigenvalue weighted by Crippen LogP contribution is 2.27. The Labute approximate surface area is 585 Å². The molecule has 0 saturated carbocycles. The Balaban J connectivity index is 0.000000316. The monoisotopic (exact) mass is 1430 g/mol. The van der Waals surface area contributed by atoms with Crippen LogP contribution in [0.2, 0.25) is 15.1 Å². The van der Waals surface area contributed by atoms with Crippen LogP contribution < -0.4 is 16.0 Å². The summed E-state index contributed by atoms with van der Waals surface area (Å²) in [6.45, 7) is 10.7. The van der Waals surface area contributed by atoms with Crippen LogP contribution in [0.5, 0.6) is 0 Å². The van der Waals surface area contributed by atoms with Crippen LogP contribution in [0.25, 0.3) is 33.4 Å². The number of amides is 3. The largest absolute Gasteiger partial charge is 0.479 e. The van der Waals surface area contributed by atoms with E-state index in [2.05, 4.69) is 30.2 Å². The third kappa shape index (κ3) is 31.5. The van der Waals surface area contributed by atoms with Gasteiger partial charge in [0.15, 0.2) is 18.3 Å². The molecule has 99 heavy (non-hydrogen) atoms. The number of benzene rings is 6. The van der Waals surface area contributed by atoms with Gasteiger partial charge in [0.1, 0.15) is 11.2 Å². The average molecular weight is 1430 g/mol. The fraction of sp³-hybridized carbons (Fsp3) is 0.338. The van der Waals surface area contributed by atoms with Crippen LogP contribution in [-0.4, -0.2) is 152 Å². The summed E-state index contributed by atoms with van der Waals surface area (Å²) in [6, 6.07) is 41.6. The van der Waals surface area contributed by atoms with Crippen molar-refractivity contribution in [2.75, 3.05) is 13.6 Å². The van der Waals surface area contributed by atoms with Gasteiger partial charge >= 0.3 is 65.5 Å². The van der Waals surface area contributed by atoms with Crippen molar-refractivity contribution >= 4 is 100 Å². The first kappa shape index (κ1) is 81.7. The molecule has 0 spiro atoms. The number of carbonyl (C=O) groups excluding carboxylic acids is 9. The van der Waals surface area contributed by atoms with Crippen LogP contribution in [0, 0.1) is 0 Å². The quantitative estimate of drug-likeness (QED) is 0.0115. The zero-order valence-electron chi connectivity index (χ0n) is 55.3. The second-order valence-electron chi connectivity index (χ2n) is 24.1. The van der Waals surface area contributed by atoms with Crippen molar-refractivity contribution in [1.29, 1.82) is 0 Å². The number of ether oxygens (including phenoxy) is 6. The van der Waals surface area contributed by atoms with Gasteiger partial charge in [0.25, 0.3) is 0 Å². The van der Waals surface area contributed by atoms with E-state index in [0.717, 1.165) is 63.9 Å². The lowest BCUT2D eigenvalue weighted by atomic mass is 9.98. The van der Waals surface area contributed by atoms with Gasteiger partial charge in [-0.05, 0) is 147 Å². The van der Waals surface area contributed by atoms with Gasteiger partial charge in [0, 0.05) is 66.3 Å². The second-order valence-corrected chi connectivity index (χ2v) is 25.4. The molecule has 0 unspecified atom stereocenters. The number of aliphatic hydroxyl groups is 3. The molecule has 0 aliphatic rings. The molecule has 6 atom stereocenters. The van der Waals surface area contributed by atoms with Gasteiger partial charge in [-0.25, -0.2) is 28.8 Å². The van der Waals surface area contributed by atoms with Crippen LogP contribution in [0.3, 0.4) is 0 Å². The third-order valence-electron chi connectivity index (χ3n) is 13.4. The normalized spacial score (nSPS) is 12.7. The van der Waals surface area contributed by atoms with Crippen LogP contribution >= 0.6 is 34.8 Å². The Morgan fingerprint density at radius 1 is 0.394 bits per heavy atom. The van der Waals surface area contributed by atoms with Crippen molar-refractivity contribution in [2.45, 2.75) is 142 Å². The van der Waals surface area contributed by atoms with E-state index in [0.29, 0.717) is 15.1 Å². The van der Waals surface area contributed by atoms with Gasteiger partial charge in [0.05, 0.1) is 0 Å². The lowest BCUT2D eigenvalue weighted by Crippen LogP contribution is -2.45. The highest BCUT2D eigenvalue weighted by Gasteiger charge is 2.31. The van der Waals surface area contributed by atoms with E-state index in [4.69, 9.17) is 59.2 Å². The highest BCUT2D eigenvalue weighted by atomic mass is 35.5. The Kier molecular flexibility index (Phi) is 32.7. The zero-order chi connectivity index (χ0) is 73.7. The maximum Gasteiger partial charge on any atom is 0.397 e. The number of halogens is 3. The third-order valence-corrected chi connectivity index (χ3v) is 14.1. The number of rotatable bonds is 25. The molecular weight excluding hydrogens is 1350 g/mol. The fourth-order valence-electron chi connectivity index (χ4n) is 8.96. The Morgan fingerprint density at radius 3 is 0.929 bits per heavy atom. The number of hydrogen-bond donors (Lipinski definition) is 8. The molecule has 0 aliphatic heterocycles. The van der Waals surface area contributed by atoms with E-state index in [1.54, 1.807) is 71.9 Å². The summed E-state index contributed by atoms with van der Waals surface area (Å²) in [7, 11) is 0. The Morgan fingerprint density at radius 2 is 0.677 bits per heavy atom. The van der Waals surface area contributed by atoms with Crippen molar-refractivity contribution in [3.8, 4) is 33.4 Å². The molecule has 0 heterocycles. The summed E-state index contributed by atoms with van der Waals surface area (Å²) in [5, 5.41) is 57.1. The molecule has 28 heteroatoms. The minimum absolute atomic E-state index is 0.142. The van der Waals surface area contributed by atoms with Gasteiger partial charge in [-0.2, -0.15) is 0 Å². The second kappa shape index (κ2) is 39.6. The van der Waals surface area contributed by atoms with Crippen LogP contribution in [0.15, 0.2) is 146 Å². The van der Waals surface area contributed by atoms with Crippen LogP contribution in [0.1, 0.15) is 91.3 Å². The number of hydrogen-bond acceptors (Lipinski definition) is 20. The molecular formula is C71H78Cl3N3O22. The molecule has 0 radical (unpaired) electrons. The first-order valence-electron chi connectivity index (χ1n) is 30.5. The number of aliphatic carboxylic acids is 2. The van der Waals surface area contributed by atoms with E-state index in [-0.39, 0.29) is 38.5 Å². The first-order chi connectivity index (χ1) is 46.4. The van der Waals surface area contributed by atoms with E-state index in [1.807, 2.05) is 115 Å². The Bertz CT molecular complexity index is 3760. The summed E-state index contributed by atoms with van der Waals surface area (Å²) < 4.78 is 28.5. The lowest BCUT2D eigenvalue weighted by molar-refractivity contribution is -0.174. The van der Waals surface area contributed by atoms with Crippen LogP contribution in [-0.2, 0) is 100 Å². The maximum absolute atomic E-state index is 12.4. The number of carbonyl (C=O) groups is 11. The highest BCUT2D eigenvalue weighted by molar-refractivity contribution is 6.33. The number of carboxylic acid groups (broad SMARTS) is 2.